The van der Waals surface area contributed by atoms with Crippen molar-refractivity contribution < 1.29 is 0 Å². The molecular formula is C11H21N. The van der Waals surface area contributed by atoms with E-state index in [4.69, 9.17) is 0 Å². The van der Waals surface area contributed by atoms with E-state index in [9.17, 15) is 0 Å². The summed E-state index contributed by atoms with van der Waals surface area (Å²) in [6, 6.07) is 0.866. The molecule has 70 valence electrons. The van der Waals surface area contributed by atoms with E-state index >= 15 is 0 Å². The second-order valence-electron chi connectivity index (χ2n) is 4.70. The van der Waals surface area contributed by atoms with Gasteiger partial charge in [0.2, 0.25) is 0 Å². The summed E-state index contributed by atoms with van der Waals surface area (Å²) in [6.45, 7) is 3.64. The molecule has 2 aliphatic rings. The van der Waals surface area contributed by atoms with Crippen LogP contribution in [-0.4, -0.2) is 12.6 Å². The molecule has 1 aliphatic carbocycles. The van der Waals surface area contributed by atoms with Crippen LogP contribution in [-0.2, 0) is 0 Å². The smallest absolute Gasteiger partial charge is 0.00728 e. The molecule has 1 heteroatoms. The van der Waals surface area contributed by atoms with Gasteiger partial charge in [0.25, 0.3) is 0 Å². The predicted molar refractivity (Wildman–Crippen MR) is 52.2 cm³/mol. The molecule has 0 aromatic rings. The molecule has 1 unspecified atom stereocenters. The van der Waals surface area contributed by atoms with Crippen molar-refractivity contribution in [3.05, 3.63) is 0 Å². The Balaban J connectivity index is 1.83. The molecule has 0 amide bonds. The van der Waals surface area contributed by atoms with Gasteiger partial charge in [-0.15, -0.1) is 0 Å². The Bertz CT molecular complexity index is 138. The summed E-state index contributed by atoms with van der Waals surface area (Å²) in [5.41, 5.74) is 0.766. The van der Waals surface area contributed by atoms with Crippen molar-refractivity contribution in [3.8, 4) is 0 Å². The maximum atomic E-state index is 3.61. The normalized spacial score (nSPS) is 33.2. The van der Waals surface area contributed by atoms with Crippen LogP contribution in [0.3, 0.4) is 0 Å². The van der Waals surface area contributed by atoms with Gasteiger partial charge in [0.15, 0.2) is 0 Å². The van der Waals surface area contributed by atoms with Crippen molar-refractivity contribution in [2.24, 2.45) is 5.41 Å². The van der Waals surface area contributed by atoms with E-state index in [-0.39, 0.29) is 0 Å². The Morgan fingerprint density at radius 2 is 2.17 bits per heavy atom. The standard InChI is InChI=1S/C11H21N/c1-2-11(6-4-7-11)9-10-5-3-8-12-10/h10,12H,2-9H2,1H3. The molecule has 12 heavy (non-hydrogen) atoms. The fourth-order valence-electron chi connectivity index (χ4n) is 2.83. The molecular weight excluding hydrogens is 146 g/mol. The van der Waals surface area contributed by atoms with Crippen molar-refractivity contribution in [2.45, 2.75) is 57.9 Å². The Morgan fingerprint density at radius 1 is 1.33 bits per heavy atom. The maximum absolute atomic E-state index is 3.61. The van der Waals surface area contributed by atoms with E-state index in [0.717, 1.165) is 11.5 Å². The van der Waals surface area contributed by atoms with Gasteiger partial charge in [0.05, 0.1) is 0 Å². The zero-order valence-corrected chi connectivity index (χ0v) is 8.23. The van der Waals surface area contributed by atoms with E-state index in [1.807, 2.05) is 0 Å². The summed E-state index contributed by atoms with van der Waals surface area (Å²) < 4.78 is 0. The molecule has 2 fully saturated rings. The molecule has 1 atom stereocenters. The highest BCUT2D eigenvalue weighted by Crippen LogP contribution is 2.48. The first-order valence-electron chi connectivity index (χ1n) is 5.58. The minimum absolute atomic E-state index is 0.766. The van der Waals surface area contributed by atoms with Crippen molar-refractivity contribution in [1.29, 1.82) is 0 Å². The van der Waals surface area contributed by atoms with Crippen LogP contribution >= 0.6 is 0 Å². The van der Waals surface area contributed by atoms with Crippen LogP contribution in [0.2, 0.25) is 0 Å². The number of rotatable bonds is 3. The molecule has 0 aromatic heterocycles. The van der Waals surface area contributed by atoms with E-state index in [2.05, 4.69) is 12.2 Å². The first-order valence-corrected chi connectivity index (χ1v) is 5.58. The molecule has 1 N–H and O–H groups in total. The summed E-state index contributed by atoms with van der Waals surface area (Å²) in [4.78, 5) is 0. The van der Waals surface area contributed by atoms with Crippen molar-refractivity contribution in [1.82, 2.24) is 5.32 Å². The lowest BCUT2D eigenvalue weighted by Crippen LogP contribution is -2.36. The van der Waals surface area contributed by atoms with Crippen LogP contribution in [0.4, 0.5) is 0 Å². The number of nitrogens with one attached hydrogen (secondary N) is 1. The van der Waals surface area contributed by atoms with Crippen LogP contribution < -0.4 is 5.32 Å². The van der Waals surface area contributed by atoms with Crippen molar-refractivity contribution >= 4 is 0 Å². The Labute approximate surface area is 75.9 Å². The van der Waals surface area contributed by atoms with Gasteiger partial charge in [-0.25, -0.2) is 0 Å². The zero-order valence-electron chi connectivity index (χ0n) is 8.23. The van der Waals surface area contributed by atoms with Gasteiger partial charge in [-0.1, -0.05) is 19.8 Å². The molecule has 2 rings (SSSR count). The van der Waals surface area contributed by atoms with Crippen molar-refractivity contribution in [2.75, 3.05) is 6.54 Å². The third-order valence-corrected chi connectivity index (χ3v) is 4.01. The van der Waals surface area contributed by atoms with Gasteiger partial charge in [-0.05, 0) is 44.1 Å². The van der Waals surface area contributed by atoms with Gasteiger partial charge in [-0.2, -0.15) is 0 Å². The SMILES string of the molecule is CCC1(CC2CCCN2)CCC1. The maximum Gasteiger partial charge on any atom is 0.00728 e. The molecule has 1 aliphatic heterocycles. The first kappa shape index (κ1) is 8.55. The lowest BCUT2D eigenvalue weighted by atomic mass is 9.63. The summed E-state index contributed by atoms with van der Waals surface area (Å²) >= 11 is 0. The van der Waals surface area contributed by atoms with Crippen LogP contribution in [0.1, 0.15) is 51.9 Å². The third kappa shape index (κ3) is 1.52. The van der Waals surface area contributed by atoms with E-state index in [1.165, 1.54) is 51.5 Å². The third-order valence-electron chi connectivity index (χ3n) is 4.01. The second-order valence-corrected chi connectivity index (χ2v) is 4.70. The summed E-state index contributed by atoms with van der Waals surface area (Å²) in [6.07, 6.45) is 10.2. The largest absolute Gasteiger partial charge is 0.314 e. The first-order chi connectivity index (χ1) is 5.85. The lowest BCUT2D eigenvalue weighted by Gasteiger charge is -2.43. The molecule has 1 nitrogen and oxygen atoms in total. The highest BCUT2D eigenvalue weighted by atomic mass is 14.9. The summed E-state index contributed by atoms with van der Waals surface area (Å²) in [7, 11) is 0. The van der Waals surface area contributed by atoms with Gasteiger partial charge < -0.3 is 5.32 Å². The Hall–Kier alpha value is -0.0400. The summed E-state index contributed by atoms with van der Waals surface area (Å²) in [5.74, 6) is 0. The molecule has 1 heterocycles. The van der Waals surface area contributed by atoms with Crippen LogP contribution in [0.5, 0.6) is 0 Å². The predicted octanol–water partition coefficient (Wildman–Crippen LogP) is 2.71. The average Bonchev–Trinajstić information content (AvgIpc) is 2.49. The quantitative estimate of drug-likeness (QED) is 0.681. The molecule has 0 aromatic carbocycles. The van der Waals surface area contributed by atoms with Gasteiger partial charge in [0, 0.05) is 6.04 Å². The monoisotopic (exact) mass is 167 g/mol. The van der Waals surface area contributed by atoms with E-state index in [0.29, 0.717) is 0 Å². The Kier molecular flexibility index (Phi) is 2.40. The Morgan fingerprint density at radius 3 is 2.58 bits per heavy atom. The molecule has 1 saturated heterocycles. The van der Waals surface area contributed by atoms with Crippen LogP contribution in [0.15, 0.2) is 0 Å². The highest BCUT2D eigenvalue weighted by molar-refractivity contribution is 4.91. The molecule has 0 radical (unpaired) electrons. The molecule has 0 spiro atoms. The topological polar surface area (TPSA) is 12.0 Å². The van der Waals surface area contributed by atoms with Gasteiger partial charge >= 0.3 is 0 Å². The molecule has 1 saturated carbocycles. The number of hydrogen-bond acceptors (Lipinski definition) is 1. The molecule has 0 bridgehead atoms. The minimum Gasteiger partial charge on any atom is -0.314 e. The number of hydrogen-bond donors (Lipinski definition) is 1. The lowest BCUT2D eigenvalue weighted by molar-refractivity contribution is 0.0994. The van der Waals surface area contributed by atoms with E-state index < -0.39 is 0 Å². The fraction of sp³-hybridized carbons (Fsp3) is 1.00. The van der Waals surface area contributed by atoms with Gasteiger partial charge in [0.1, 0.15) is 0 Å². The second kappa shape index (κ2) is 3.37. The summed E-state index contributed by atoms with van der Waals surface area (Å²) in [5, 5.41) is 3.61. The van der Waals surface area contributed by atoms with Crippen LogP contribution in [0.25, 0.3) is 0 Å². The fourth-order valence-corrected chi connectivity index (χ4v) is 2.83. The highest BCUT2D eigenvalue weighted by Gasteiger charge is 2.37. The van der Waals surface area contributed by atoms with Gasteiger partial charge in [-0.3, -0.25) is 0 Å². The van der Waals surface area contributed by atoms with Crippen molar-refractivity contribution in [3.63, 3.8) is 0 Å². The minimum atomic E-state index is 0.766. The zero-order chi connectivity index (χ0) is 8.44. The van der Waals surface area contributed by atoms with E-state index in [1.54, 1.807) is 0 Å². The van der Waals surface area contributed by atoms with Crippen LogP contribution in [0, 0.1) is 5.41 Å². The average molecular weight is 167 g/mol.